The number of thiazole rings is 1. The highest BCUT2D eigenvalue weighted by Gasteiger charge is 2.26. The second-order valence-electron chi connectivity index (χ2n) is 6.61. The van der Waals surface area contributed by atoms with Gasteiger partial charge in [0.25, 0.3) is 0 Å². The molecule has 5 heteroatoms. The lowest BCUT2D eigenvalue weighted by Gasteiger charge is -2.25. The molecule has 1 aromatic heterocycles. The fourth-order valence-electron chi connectivity index (χ4n) is 3.73. The molecule has 0 amide bonds. The molecule has 0 unspecified atom stereocenters. The van der Waals surface area contributed by atoms with Crippen molar-refractivity contribution < 1.29 is 9.90 Å². The highest BCUT2D eigenvalue weighted by atomic mass is 32.1. The quantitative estimate of drug-likeness (QED) is 0.893. The zero-order valence-corrected chi connectivity index (χ0v) is 14.0. The van der Waals surface area contributed by atoms with Crippen molar-refractivity contribution in [2.75, 3.05) is 19.6 Å². The number of carboxylic acid groups (broad SMARTS) is 1. The summed E-state index contributed by atoms with van der Waals surface area (Å²) >= 11 is 1.41. The van der Waals surface area contributed by atoms with Gasteiger partial charge in [-0.1, -0.05) is 25.7 Å². The number of hydrogen-bond donors (Lipinski definition) is 1. The van der Waals surface area contributed by atoms with Gasteiger partial charge in [-0.25, -0.2) is 9.78 Å². The number of aromatic nitrogens is 1. The number of piperidine rings is 1. The van der Waals surface area contributed by atoms with Crippen molar-refractivity contribution in [1.82, 2.24) is 9.88 Å². The summed E-state index contributed by atoms with van der Waals surface area (Å²) in [5, 5.41) is 10.5. The van der Waals surface area contributed by atoms with E-state index in [-0.39, 0.29) is 0 Å². The Hall–Kier alpha value is -0.940. The van der Waals surface area contributed by atoms with Crippen LogP contribution in [0.25, 0.3) is 0 Å². The van der Waals surface area contributed by atoms with E-state index in [4.69, 9.17) is 4.98 Å². The molecule has 2 aliphatic rings. The largest absolute Gasteiger partial charge is 0.477 e. The van der Waals surface area contributed by atoms with E-state index in [2.05, 4.69) is 4.90 Å². The zero-order chi connectivity index (χ0) is 15.4. The summed E-state index contributed by atoms with van der Waals surface area (Å²) in [6, 6.07) is 0. The smallest absolute Gasteiger partial charge is 0.347 e. The van der Waals surface area contributed by atoms with Crippen molar-refractivity contribution >= 4 is 17.3 Å². The third kappa shape index (κ3) is 3.87. The molecular formula is C17H26N2O2S. The first-order chi connectivity index (χ1) is 10.7. The second-order valence-corrected chi connectivity index (χ2v) is 7.70. The Morgan fingerprint density at radius 3 is 2.50 bits per heavy atom. The fraction of sp³-hybridized carbons (Fsp3) is 0.765. The lowest BCUT2D eigenvalue weighted by atomic mass is 9.86. The molecule has 2 heterocycles. The lowest BCUT2D eigenvalue weighted by molar-refractivity contribution is 0.0700. The molecule has 0 radical (unpaired) electrons. The summed E-state index contributed by atoms with van der Waals surface area (Å²) in [6.45, 7) is 3.40. The van der Waals surface area contributed by atoms with Crippen LogP contribution in [0.15, 0.2) is 0 Å². The third-order valence-corrected chi connectivity index (χ3v) is 6.09. The van der Waals surface area contributed by atoms with Crippen LogP contribution in [0.2, 0.25) is 0 Å². The Kier molecular flexibility index (Phi) is 5.47. The Labute approximate surface area is 136 Å². The van der Waals surface area contributed by atoms with Crippen molar-refractivity contribution in [2.24, 2.45) is 0 Å². The van der Waals surface area contributed by atoms with E-state index < -0.39 is 5.97 Å². The van der Waals surface area contributed by atoms with Gasteiger partial charge >= 0.3 is 5.97 Å². The summed E-state index contributed by atoms with van der Waals surface area (Å²) in [6.07, 6.45) is 10.8. The zero-order valence-electron chi connectivity index (χ0n) is 13.2. The van der Waals surface area contributed by atoms with Gasteiger partial charge in [-0.3, -0.25) is 0 Å². The van der Waals surface area contributed by atoms with Gasteiger partial charge in [0.15, 0.2) is 0 Å². The summed E-state index contributed by atoms with van der Waals surface area (Å²) < 4.78 is 0. The van der Waals surface area contributed by atoms with Crippen LogP contribution in [0.5, 0.6) is 0 Å². The Morgan fingerprint density at radius 2 is 1.82 bits per heavy atom. The molecule has 1 aliphatic heterocycles. The van der Waals surface area contributed by atoms with Crippen LogP contribution < -0.4 is 0 Å². The third-order valence-electron chi connectivity index (χ3n) is 4.97. The molecule has 4 nitrogen and oxygen atoms in total. The molecule has 0 bridgehead atoms. The number of aromatic carboxylic acids is 1. The number of carbonyl (C=O) groups is 1. The van der Waals surface area contributed by atoms with E-state index in [9.17, 15) is 9.90 Å². The molecule has 1 N–H and O–H groups in total. The highest BCUT2D eigenvalue weighted by molar-refractivity contribution is 7.13. The average Bonchev–Trinajstić information content (AvgIpc) is 2.99. The predicted molar refractivity (Wildman–Crippen MR) is 88.9 cm³/mol. The molecule has 0 atom stereocenters. The minimum Gasteiger partial charge on any atom is -0.477 e. The van der Waals surface area contributed by atoms with Crippen LogP contribution in [0.4, 0.5) is 0 Å². The SMILES string of the molecule is O=C(O)c1sc(CCN2CCCCC2)nc1C1CCCCC1. The summed E-state index contributed by atoms with van der Waals surface area (Å²) in [5.41, 5.74) is 0.880. The monoisotopic (exact) mass is 322 g/mol. The van der Waals surface area contributed by atoms with Gasteiger partial charge in [0.2, 0.25) is 0 Å². The van der Waals surface area contributed by atoms with Gasteiger partial charge in [-0.15, -0.1) is 11.3 Å². The van der Waals surface area contributed by atoms with Crippen molar-refractivity contribution in [1.29, 1.82) is 0 Å². The van der Waals surface area contributed by atoms with Gasteiger partial charge < -0.3 is 10.0 Å². The number of rotatable bonds is 5. The normalized spacial score (nSPS) is 21.1. The molecule has 1 aliphatic carbocycles. The van der Waals surface area contributed by atoms with Crippen molar-refractivity contribution in [2.45, 2.75) is 63.7 Å². The van der Waals surface area contributed by atoms with E-state index in [1.165, 1.54) is 63.0 Å². The summed E-state index contributed by atoms with van der Waals surface area (Å²) in [5.74, 6) is -0.415. The first kappa shape index (κ1) is 15.9. The Morgan fingerprint density at radius 1 is 1.14 bits per heavy atom. The first-order valence-corrected chi connectivity index (χ1v) is 9.51. The molecule has 22 heavy (non-hydrogen) atoms. The van der Waals surface area contributed by atoms with Gasteiger partial charge in [-0.05, 0) is 38.8 Å². The topological polar surface area (TPSA) is 53.4 Å². The van der Waals surface area contributed by atoms with Crippen LogP contribution in [0, 0.1) is 0 Å². The standard InChI is InChI=1S/C17H26N2O2S/c20-17(21)16-15(13-7-3-1-4-8-13)18-14(22-16)9-12-19-10-5-2-6-11-19/h13H,1-12H2,(H,20,21). The minimum atomic E-state index is -0.790. The summed E-state index contributed by atoms with van der Waals surface area (Å²) in [7, 11) is 0. The van der Waals surface area contributed by atoms with Crippen LogP contribution in [-0.4, -0.2) is 40.6 Å². The number of likely N-dealkylation sites (tertiary alicyclic amines) is 1. The number of hydrogen-bond acceptors (Lipinski definition) is 4. The first-order valence-electron chi connectivity index (χ1n) is 8.69. The molecule has 1 aromatic rings. The van der Waals surface area contributed by atoms with E-state index >= 15 is 0 Å². The van der Waals surface area contributed by atoms with Crippen LogP contribution in [0.3, 0.4) is 0 Å². The molecule has 1 saturated heterocycles. The highest BCUT2D eigenvalue weighted by Crippen LogP contribution is 2.36. The van der Waals surface area contributed by atoms with Gasteiger partial charge in [0.1, 0.15) is 4.88 Å². The molecule has 122 valence electrons. The molecule has 1 saturated carbocycles. The Bertz CT molecular complexity index is 503. The number of carboxylic acids is 1. The molecular weight excluding hydrogens is 296 g/mol. The summed E-state index contributed by atoms with van der Waals surface area (Å²) in [4.78, 5) is 19.3. The van der Waals surface area contributed by atoms with Crippen molar-refractivity contribution in [3.05, 3.63) is 15.6 Å². The van der Waals surface area contributed by atoms with Crippen LogP contribution in [-0.2, 0) is 6.42 Å². The molecule has 3 rings (SSSR count). The predicted octanol–water partition coefficient (Wildman–Crippen LogP) is 3.92. The van der Waals surface area contributed by atoms with E-state index in [1.807, 2.05) is 0 Å². The van der Waals surface area contributed by atoms with Gasteiger partial charge in [-0.2, -0.15) is 0 Å². The van der Waals surface area contributed by atoms with E-state index in [1.54, 1.807) is 0 Å². The van der Waals surface area contributed by atoms with Gasteiger partial charge in [0, 0.05) is 18.9 Å². The molecule has 0 aromatic carbocycles. The Balaban J connectivity index is 1.67. The lowest BCUT2D eigenvalue weighted by Crippen LogP contribution is -2.31. The maximum atomic E-state index is 11.5. The van der Waals surface area contributed by atoms with Gasteiger partial charge in [0.05, 0.1) is 10.7 Å². The van der Waals surface area contributed by atoms with E-state index in [0.717, 1.165) is 36.5 Å². The van der Waals surface area contributed by atoms with Crippen molar-refractivity contribution in [3.8, 4) is 0 Å². The molecule has 0 spiro atoms. The van der Waals surface area contributed by atoms with E-state index in [0.29, 0.717) is 10.8 Å². The fourth-order valence-corrected chi connectivity index (χ4v) is 4.70. The second kappa shape index (κ2) is 7.55. The average molecular weight is 322 g/mol. The van der Waals surface area contributed by atoms with Crippen LogP contribution >= 0.6 is 11.3 Å². The molecule has 2 fully saturated rings. The van der Waals surface area contributed by atoms with Crippen molar-refractivity contribution in [3.63, 3.8) is 0 Å². The maximum absolute atomic E-state index is 11.5. The minimum absolute atomic E-state index is 0.375. The van der Waals surface area contributed by atoms with Crippen LogP contribution in [0.1, 0.15) is 77.7 Å². The maximum Gasteiger partial charge on any atom is 0.347 e. The number of nitrogens with zero attached hydrogens (tertiary/aromatic N) is 2.